The Kier molecular flexibility index (Phi) is 8.21. The first-order chi connectivity index (χ1) is 14.7. The molecule has 1 saturated heterocycles. The van der Waals surface area contributed by atoms with Gasteiger partial charge in [0.25, 0.3) is 5.56 Å². The van der Waals surface area contributed by atoms with Crippen LogP contribution in [0.5, 0.6) is 0 Å². The van der Waals surface area contributed by atoms with Gasteiger partial charge in [-0.15, -0.1) is 11.3 Å². The molecule has 1 aliphatic heterocycles. The Morgan fingerprint density at radius 2 is 1.97 bits per heavy atom. The summed E-state index contributed by atoms with van der Waals surface area (Å²) in [6, 6.07) is 0. The highest BCUT2D eigenvalue weighted by atomic mass is 32.2. The Morgan fingerprint density at radius 1 is 1.29 bits per heavy atom. The standard InChI is InChI=1S/C23H35N3O3S2/c1-7-29-10-8-9-26-22(28)19-16(4)17(5)30-20(19)24-23(26)31-18(6)21(27)25-12-14(2)11-15(3)13-25/h14-15,18H,7-13H2,1-6H3/t14-,15+,18-/m1/s1. The van der Waals surface area contributed by atoms with Crippen LogP contribution in [-0.4, -0.2) is 51.9 Å². The zero-order valence-corrected chi connectivity index (χ0v) is 21.2. The summed E-state index contributed by atoms with van der Waals surface area (Å²) < 4.78 is 7.21. The number of aromatic nitrogens is 2. The fourth-order valence-electron chi connectivity index (χ4n) is 4.37. The Balaban J connectivity index is 1.88. The lowest BCUT2D eigenvalue weighted by molar-refractivity contribution is -0.132. The fourth-order valence-corrected chi connectivity index (χ4v) is 6.46. The highest BCUT2D eigenvalue weighted by Gasteiger charge is 2.30. The third-order valence-electron chi connectivity index (χ3n) is 5.94. The molecule has 0 unspecified atom stereocenters. The predicted octanol–water partition coefficient (Wildman–Crippen LogP) is 4.49. The molecule has 1 fully saturated rings. The molecule has 2 aromatic heterocycles. The Morgan fingerprint density at radius 3 is 2.61 bits per heavy atom. The van der Waals surface area contributed by atoms with E-state index in [-0.39, 0.29) is 16.7 Å². The predicted molar refractivity (Wildman–Crippen MR) is 129 cm³/mol. The lowest BCUT2D eigenvalue weighted by atomic mass is 9.92. The van der Waals surface area contributed by atoms with Crippen LogP contribution in [0.15, 0.2) is 9.95 Å². The van der Waals surface area contributed by atoms with Gasteiger partial charge in [-0.1, -0.05) is 25.6 Å². The van der Waals surface area contributed by atoms with Crippen LogP contribution >= 0.6 is 23.1 Å². The van der Waals surface area contributed by atoms with Crippen LogP contribution in [-0.2, 0) is 16.1 Å². The van der Waals surface area contributed by atoms with Crippen LogP contribution in [0.1, 0.15) is 51.0 Å². The van der Waals surface area contributed by atoms with E-state index in [1.807, 2.05) is 32.6 Å². The van der Waals surface area contributed by atoms with Crippen LogP contribution in [0.4, 0.5) is 0 Å². The Hall–Kier alpha value is -1.38. The molecule has 8 heteroatoms. The first-order valence-corrected chi connectivity index (χ1v) is 13.0. The molecule has 6 nitrogen and oxygen atoms in total. The molecule has 1 amide bonds. The number of thioether (sulfide) groups is 1. The van der Waals surface area contributed by atoms with Crippen molar-refractivity contribution in [2.75, 3.05) is 26.3 Å². The number of carbonyl (C=O) groups is 1. The molecule has 0 saturated carbocycles. The van der Waals surface area contributed by atoms with Crippen molar-refractivity contribution in [3.63, 3.8) is 0 Å². The van der Waals surface area contributed by atoms with Gasteiger partial charge in [0.1, 0.15) is 4.83 Å². The van der Waals surface area contributed by atoms with Crippen molar-refractivity contribution in [1.29, 1.82) is 0 Å². The van der Waals surface area contributed by atoms with Gasteiger partial charge in [0, 0.05) is 37.7 Å². The number of nitrogens with zero attached hydrogens (tertiary/aromatic N) is 3. The third-order valence-corrected chi connectivity index (χ3v) is 8.12. The number of likely N-dealkylation sites (tertiary alicyclic amines) is 1. The number of piperidine rings is 1. The molecular formula is C23H35N3O3S2. The second-order valence-corrected chi connectivity index (χ2v) is 11.3. The van der Waals surface area contributed by atoms with Crippen molar-refractivity contribution in [3.8, 4) is 0 Å². The van der Waals surface area contributed by atoms with Crippen LogP contribution in [0.25, 0.3) is 10.2 Å². The van der Waals surface area contributed by atoms with Gasteiger partial charge in [-0.3, -0.25) is 14.2 Å². The SMILES string of the molecule is CCOCCCn1c(S[C@H](C)C(=O)N2C[C@H](C)C[C@H](C)C2)nc2sc(C)c(C)c2c1=O. The van der Waals surface area contributed by atoms with Crippen molar-refractivity contribution >= 4 is 39.2 Å². The number of ether oxygens (including phenoxy) is 1. The van der Waals surface area contributed by atoms with Crippen molar-refractivity contribution in [2.45, 2.75) is 71.3 Å². The lowest BCUT2D eigenvalue weighted by Gasteiger charge is -2.36. The average molecular weight is 466 g/mol. The number of hydrogen-bond donors (Lipinski definition) is 0. The minimum absolute atomic E-state index is 0.00860. The summed E-state index contributed by atoms with van der Waals surface area (Å²) in [5, 5.41) is 1.05. The number of thiophene rings is 1. The molecule has 1 aliphatic rings. The van der Waals surface area contributed by atoms with E-state index in [0.717, 1.165) is 34.8 Å². The smallest absolute Gasteiger partial charge is 0.263 e. The van der Waals surface area contributed by atoms with E-state index in [2.05, 4.69) is 13.8 Å². The molecule has 0 radical (unpaired) electrons. The van der Waals surface area contributed by atoms with Gasteiger partial charge in [-0.05, 0) is 57.9 Å². The minimum Gasteiger partial charge on any atom is -0.382 e. The van der Waals surface area contributed by atoms with Crippen LogP contribution in [0, 0.1) is 25.7 Å². The van der Waals surface area contributed by atoms with Gasteiger partial charge in [-0.25, -0.2) is 4.98 Å². The van der Waals surface area contributed by atoms with Gasteiger partial charge < -0.3 is 9.64 Å². The van der Waals surface area contributed by atoms with Crippen LogP contribution in [0.2, 0.25) is 0 Å². The highest BCUT2D eigenvalue weighted by Crippen LogP contribution is 2.31. The monoisotopic (exact) mass is 465 g/mol. The third kappa shape index (κ3) is 5.52. The maximum atomic E-state index is 13.4. The van der Waals surface area contributed by atoms with E-state index in [1.54, 1.807) is 15.9 Å². The zero-order chi connectivity index (χ0) is 22.7. The van der Waals surface area contributed by atoms with Crippen LogP contribution in [0.3, 0.4) is 0 Å². The maximum Gasteiger partial charge on any atom is 0.263 e. The number of hydrogen-bond acceptors (Lipinski definition) is 6. The number of carbonyl (C=O) groups excluding carboxylic acids is 1. The van der Waals surface area contributed by atoms with Crippen LogP contribution < -0.4 is 5.56 Å². The van der Waals surface area contributed by atoms with E-state index >= 15 is 0 Å². The van der Waals surface area contributed by atoms with Crippen molar-refractivity contribution in [1.82, 2.24) is 14.5 Å². The molecule has 3 atom stereocenters. The van der Waals surface area contributed by atoms with Gasteiger partial charge in [0.2, 0.25) is 5.91 Å². The molecule has 0 N–H and O–H groups in total. The fraction of sp³-hybridized carbons (Fsp3) is 0.696. The van der Waals surface area contributed by atoms with Gasteiger partial charge >= 0.3 is 0 Å². The van der Waals surface area contributed by atoms with Gasteiger partial charge in [-0.2, -0.15) is 0 Å². The van der Waals surface area contributed by atoms with E-state index in [9.17, 15) is 9.59 Å². The molecule has 0 aromatic carbocycles. The number of amides is 1. The van der Waals surface area contributed by atoms with Gasteiger partial charge in [0.15, 0.2) is 5.16 Å². The average Bonchev–Trinajstić information content (AvgIpc) is 2.99. The molecule has 31 heavy (non-hydrogen) atoms. The lowest BCUT2D eigenvalue weighted by Crippen LogP contribution is -2.45. The number of aryl methyl sites for hydroxylation is 2. The molecule has 3 heterocycles. The first kappa shape index (κ1) is 24.3. The van der Waals surface area contributed by atoms with E-state index in [1.165, 1.54) is 18.2 Å². The summed E-state index contributed by atoms with van der Waals surface area (Å²) in [6.07, 6.45) is 1.90. The quantitative estimate of drug-likeness (QED) is 0.327. The summed E-state index contributed by atoms with van der Waals surface area (Å²) >= 11 is 2.96. The first-order valence-electron chi connectivity index (χ1n) is 11.3. The molecule has 0 spiro atoms. The summed E-state index contributed by atoms with van der Waals surface area (Å²) in [6.45, 7) is 15.8. The van der Waals surface area contributed by atoms with E-state index in [4.69, 9.17) is 9.72 Å². The van der Waals surface area contributed by atoms with Crippen molar-refractivity contribution in [2.24, 2.45) is 11.8 Å². The Bertz CT molecular complexity index is 975. The summed E-state index contributed by atoms with van der Waals surface area (Å²) in [5.74, 6) is 1.18. The normalized spacial score (nSPS) is 20.4. The van der Waals surface area contributed by atoms with E-state index in [0.29, 0.717) is 42.1 Å². The number of rotatable bonds is 8. The molecule has 0 bridgehead atoms. The second kappa shape index (κ2) is 10.5. The summed E-state index contributed by atoms with van der Waals surface area (Å²) in [7, 11) is 0. The molecule has 2 aromatic rings. The molecule has 3 rings (SSSR count). The minimum atomic E-state index is -0.290. The van der Waals surface area contributed by atoms with Gasteiger partial charge in [0.05, 0.1) is 10.6 Å². The molecular weight excluding hydrogens is 430 g/mol. The molecule has 0 aliphatic carbocycles. The summed E-state index contributed by atoms with van der Waals surface area (Å²) in [4.78, 5) is 35.3. The van der Waals surface area contributed by atoms with Crippen molar-refractivity contribution < 1.29 is 9.53 Å². The maximum absolute atomic E-state index is 13.4. The van der Waals surface area contributed by atoms with E-state index < -0.39 is 0 Å². The largest absolute Gasteiger partial charge is 0.382 e. The zero-order valence-electron chi connectivity index (χ0n) is 19.6. The Labute approximate surface area is 193 Å². The second-order valence-electron chi connectivity index (χ2n) is 8.81. The number of fused-ring (bicyclic) bond motifs is 1. The molecule has 172 valence electrons. The summed E-state index contributed by atoms with van der Waals surface area (Å²) in [5.41, 5.74) is 0.999. The van der Waals surface area contributed by atoms with Crippen molar-refractivity contribution in [3.05, 3.63) is 20.8 Å². The highest BCUT2D eigenvalue weighted by molar-refractivity contribution is 8.00. The topological polar surface area (TPSA) is 64.4 Å².